The minimum Gasteiger partial charge on any atom is -0.308 e. The highest BCUT2D eigenvalue weighted by atomic mass is 32.2. The maximum atomic E-state index is 15.1. The summed E-state index contributed by atoms with van der Waals surface area (Å²) in [7, 11) is -3.76. The van der Waals surface area contributed by atoms with Gasteiger partial charge in [0.15, 0.2) is 0 Å². The molecule has 0 aromatic heterocycles. The first-order valence-electron chi connectivity index (χ1n) is 31.9. The molecule has 19 aliphatic rings. The lowest BCUT2D eigenvalue weighted by Crippen LogP contribution is -2.25. The number of fused-ring (bicyclic) bond motifs is 7. The molecule has 25 rings (SSSR count). The molecule has 8 atom stereocenters. The van der Waals surface area contributed by atoms with Gasteiger partial charge in [0, 0.05) is 42.1 Å². The molecular weight excluding hydrogens is 1020 g/mol. The second kappa shape index (κ2) is 15.6. The van der Waals surface area contributed by atoms with Crippen LogP contribution in [0.1, 0.15) is 220 Å². The summed E-state index contributed by atoms with van der Waals surface area (Å²) in [5.74, 6) is 12.2. The molecule has 4 nitrogen and oxygen atoms in total. The average Bonchev–Trinajstić information content (AvgIpc) is 4.04. The van der Waals surface area contributed by atoms with Crippen LogP contribution in [-0.2, 0) is 9.84 Å². The van der Waals surface area contributed by atoms with Gasteiger partial charge in [-0.1, -0.05) is 23.5 Å². The summed E-state index contributed by atoms with van der Waals surface area (Å²) in [4.78, 5) is 11.7. The summed E-state index contributed by atoms with van der Waals surface area (Å²) in [6.45, 7) is 0. The predicted octanol–water partition coefficient (Wildman–Crippen LogP) is 19.9. The largest absolute Gasteiger partial charge is 0.308 e. The lowest BCUT2D eigenvalue weighted by molar-refractivity contribution is 0.165. The fraction of sp³-hybridized carbons (Fsp3) is 0.500. The molecule has 16 aliphatic carbocycles. The number of anilines is 6. The van der Waals surface area contributed by atoms with Crippen LogP contribution in [0.3, 0.4) is 0 Å². The number of nitrogens with zero attached hydrogens (tertiary/aromatic N) is 2. The van der Waals surface area contributed by atoms with Gasteiger partial charge in [0.25, 0.3) is 0 Å². The molecule has 0 saturated heterocycles. The molecule has 0 radical (unpaired) electrons. The zero-order valence-electron chi connectivity index (χ0n) is 45.4. The number of hydrogen-bond acceptors (Lipinski definition) is 6. The molecule has 3 aliphatic heterocycles. The third-order valence-corrected chi connectivity index (χ3v) is 29.5. The van der Waals surface area contributed by atoms with Crippen molar-refractivity contribution in [1.82, 2.24) is 0 Å². The molecule has 6 aromatic rings. The van der Waals surface area contributed by atoms with Crippen LogP contribution in [0.25, 0.3) is 11.1 Å². The molecule has 6 aromatic carbocycles. The van der Waals surface area contributed by atoms with Gasteiger partial charge in [0.1, 0.15) is 0 Å². The van der Waals surface area contributed by atoms with E-state index in [9.17, 15) is 0 Å². The van der Waals surface area contributed by atoms with Gasteiger partial charge < -0.3 is 9.80 Å². The third-order valence-electron chi connectivity index (χ3n) is 25.4. The zero-order valence-corrected chi connectivity index (χ0v) is 47.8. The van der Waals surface area contributed by atoms with E-state index in [1.807, 2.05) is 35.7 Å². The smallest absolute Gasteiger partial charge is 0.207 e. The lowest BCUT2D eigenvalue weighted by atomic mass is 9.67. The fourth-order valence-corrected chi connectivity index (χ4v) is 26.9. The fourth-order valence-electron chi connectivity index (χ4n) is 23.1. The van der Waals surface area contributed by atoms with E-state index in [-0.39, 0.29) is 0 Å². The summed E-state index contributed by atoms with van der Waals surface area (Å²) in [6, 6.07) is 34.3. The Kier molecular flexibility index (Phi) is 8.91. The molecule has 8 saturated carbocycles. The number of sulfone groups is 1. The van der Waals surface area contributed by atoms with Crippen molar-refractivity contribution in [2.45, 2.75) is 205 Å². The van der Waals surface area contributed by atoms with E-state index in [4.69, 9.17) is 0 Å². The average molecular weight is 1090 g/mol. The van der Waals surface area contributed by atoms with Crippen LogP contribution in [0.15, 0.2) is 114 Å². The molecule has 8 unspecified atom stereocenters. The van der Waals surface area contributed by atoms with Gasteiger partial charge in [0.2, 0.25) is 9.84 Å². The van der Waals surface area contributed by atoms with E-state index in [1.165, 1.54) is 171 Å². The maximum Gasteiger partial charge on any atom is 0.207 e. The highest BCUT2D eigenvalue weighted by molar-refractivity contribution is 8.00. The highest BCUT2D eigenvalue weighted by Crippen LogP contribution is 2.66. The Morgan fingerprint density at radius 3 is 0.759 bits per heavy atom. The molecule has 0 N–H and O–H groups in total. The van der Waals surface area contributed by atoms with Crippen LogP contribution >= 0.6 is 23.5 Å². The first kappa shape index (κ1) is 45.1. The SMILES string of the molecule is O=S1(=O)c2ccc(N3c4cc5c(cc4Sc4cc6c(cc43)C3CC4CC(CC6C4)C3)C3CC4CC(C3)CC5C4)cc2-c2cc(N3c4cc5c(cc4Sc4cc6c(cc43)C3CC4CC(CC6C4)C3)C3CC4CC(C3)CC5C4)ccc21. The molecular formula is C72H70N2O2S3. The molecule has 16 bridgehead atoms. The number of rotatable bonds is 2. The first-order chi connectivity index (χ1) is 38.7. The Morgan fingerprint density at radius 1 is 0.291 bits per heavy atom. The summed E-state index contributed by atoms with van der Waals surface area (Å²) in [6.07, 6.45) is 27.4. The van der Waals surface area contributed by atoms with Gasteiger partial charge in [-0.05, 0) is 353 Å². The Balaban J connectivity index is 0.750. The number of hydrogen-bond donors (Lipinski definition) is 0. The van der Waals surface area contributed by atoms with Gasteiger partial charge in [-0.2, -0.15) is 0 Å². The second-order valence-electron chi connectivity index (χ2n) is 29.8. The van der Waals surface area contributed by atoms with Gasteiger partial charge in [-0.3, -0.25) is 0 Å². The molecule has 0 spiro atoms. The van der Waals surface area contributed by atoms with E-state index in [0.29, 0.717) is 57.1 Å². The van der Waals surface area contributed by atoms with Crippen LogP contribution in [0.4, 0.5) is 34.1 Å². The van der Waals surface area contributed by atoms with Gasteiger partial charge in [-0.25, -0.2) is 8.42 Å². The van der Waals surface area contributed by atoms with Gasteiger partial charge in [0.05, 0.1) is 32.5 Å². The van der Waals surface area contributed by atoms with Crippen molar-refractivity contribution >= 4 is 67.5 Å². The van der Waals surface area contributed by atoms with Crippen molar-refractivity contribution in [1.29, 1.82) is 0 Å². The summed E-state index contributed by atoms with van der Waals surface area (Å²) >= 11 is 4.08. The van der Waals surface area contributed by atoms with Crippen LogP contribution < -0.4 is 9.80 Å². The Bertz CT molecular complexity index is 3430. The van der Waals surface area contributed by atoms with Crippen molar-refractivity contribution in [3.8, 4) is 11.1 Å². The highest BCUT2D eigenvalue weighted by Gasteiger charge is 2.49. The van der Waals surface area contributed by atoms with Crippen molar-refractivity contribution in [3.63, 3.8) is 0 Å². The predicted molar refractivity (Wildman–Crippen MR) is 317 cm³/mol. The topological polar surface area (TPSA) is 40.6 Å². The summed E-state index contributed by atoms with van der Waals surface area (Å²) < 4.78 is 30.3. The van der Waals surface area contributed by atoms with Gasteiger partial charge >= 0.3 is 0 Å². The number of benzene rings is 6. The Labute approximate surface area is 475 Å². The van der Waals surface area contributed by atoms with Crippen molar-refractivity contribution in [2.24, 2.45) is 47.3 Å². The molecule has 79 heavy (non-hydrogen) atoms. The molecule has 7 heteroatoms. The van der Waals surface area contributed by atoms with Gasteiger partial charge in [-0.15, -0.1) is 0 Å². The van der Waals surface area contributed by atoms with Crippen molar-refractivity contribution < 1.29 is 8.42 Å². The van der Waals surface area contributed by atoms with Crippen LogP contribution in [-0.4, -0.2) is 8.42 Å². The van der Waals surface area contributed by atoms with E-state index >= 15 is 8.42 Å². The van der Waals surface area contributed by atoms with E-state index in [2.05, 4.69) is 82.6 Å². The minimum absolute atomic E-state index is 0.461. The summed E-state index contributed by atoms with van der Waals surface area (Å²) in [5.41, 5.74) is 22.3. The molecule has 3 heterocycles. The zero-order chi connectivity index (χ0) is 51.0. The van der Waals surface area contributed by atoms with E-state index < -0.39 is 9.84 Å². The molecule has 398 valence electrons. The monoisotopic (exact) mass is 1090 g/mol. The quantitative estimate of drug-likeness (QED) is 0.172. The molecule has 8 fully saturated rings. The third kappa shape index (κ3) is 6.25. The van der Waals surface area contributed by atoms with Crippen molar-refractivity contribution in [2.75, 3.05) is 9.80 Å². The second-order valence-corrected chi connectivity index (χ2v) is 33.8. The van der Waals surface area contributed by atoms with Crippen molar-refractivity contribution in [3.05, 3.63) is 129 Å². The Morgan fingerprint density at radius 2 is 0.519 bits per heavy atom. The minimum atomic E-state index is -3.76. The van der Waals surface area contributed by atoms with Crippen LogP contribution in [0.5, 0.6) is 0 Å². The maximum absolute atomic E-state index is 15.1. The normalized spacial score (nSPS) is 37.2. The Hall–Kier alpha value is -4.43. The standard InChI is InChI=1S/C72H70N2O2S3/c75-79(76)71-3-1-51(73-63-27-53-43-9-35-5-36(10-43)18-47(17-35)57(53)31-67(63)77-68-32-58-48-19-37-6-38(20-48)12-44(11-37)54(58)28-64(68)73)25-61(71)62-26-52(2-4-72(62)79)74-65-29-55-45-13-39-7-40(14-45)22-49(21-39)59(55)33-69(65)78-70-34-60-50-23-41-8-42(24-50)16-46(15-41)56(60)30-66(70)74/h1-4,25-50H,5-24H2. The van der Waals surface area contributed by atoms with E-state index in [0.717, 1.165) is 69.8 Å². The first-order valence-corrected chi connectivity index (χ1v) is 35.0. The lowest BCUT2D eigenvalue weighted by Gasteiger charge is -2.38. The van der Waals surface area contributed by atoms with Crippen LogP contribution in [0, 0.1) is 47.3 Å². The van der Waals surface area contributed by atoms with E-state index in [1.54, 1.807) is 44.5 Å². The van der Waals surface area contributed by atoms with Crippen LogP contribution in [0.2, 0.25) is 0 Å². The molecule has 0 amide bonds. The summed E-state index contributed by atoms with van der Waals surface area (Å²) in [5, 5.41) is 0.